The van der Waals surface area contributed by atoms with E-state index >= 15 is 0 Å². The number of esters is 1. The molecule has 0 unspecified atom stereocenters. The van der Waals surface area contributed by atoms with Crippen LogP contribution in [0, 0.1) is 11.8 Å². The van der Waals surface area contributed by atoms with Crippen molar-refractivity contribution in [3.8, 4) is 0 Å². The first-order valence-electron chi connectivity index (χ1n) is 4.65. The quantitative estimate of drug-likeness (QED) is 0.615. The lowest BCUT2D eigenvalue weighted by atomic mass is 9.90. The maximum absolute atomic E-state index is 11.0. The van der Waals surface area contributed by atoms with Crippen LogP contribution in [0.2, 0.25) is 0 Å². The summed E-state index contributed by atoms with van der Waals surface area (Å²) in [7, 11) is 0. The smallest absolute Gasteiger partial charge is 0.306 e. The molecule has 0 fully saturated rings. The van der Waals surface area contributed by atoms with Crippen molar-refractivity contribution in [3.63, 3.8) is 0 Å². The monoisotopic (exact) mass is 186 g/mol. The molecule has 0 bridgehead atoms. The molecule has 0 aliphatic carbocycles. The van der Waals surface area contributed by atoms with Gasteiger partial charge in [-0.15, -0.1) is 0 Å². The van der Waals surface area contributed by atoms with Crippen LogP contribution < -0.4 is 0 Å². The van der Waals surface area contributed by atoms with E-state index in [9.17, 15) is 9.59 Å². The predicted octanol–water partition coefficient (Wildman–Crippen LogP) is 1.80. The van der Waals surface area contributed by atoms with Crippen LogP contribution in [-0.2, 0) is 14.3 Å². The maximum Gasteiger partial charge on any atom is 0.306 e. The van der Waals surface area contributed by atoms with E-state index in [2.05, 4.69) is 0 Å². The largest absolute Gasteiger partial charge is 0.466 e. The normalized spacial score (nSPS) is 14.8. The minimum absolute atomic E-state index is 0.0654. The number of ketones is 1. The zero-order chi connectivity index (χ0) is 10.4. The minimum atomic E-state index is -0.219. The van der Waals surface area contributed by atoms with Gasteiger partial charge < -0.3 is 4.74 Å². The first kappa shape index (κ1) is 12.1. The summed E-state index contributed by atoms with van der Waals surface area (Å²) in [6.07, 6.45) is 0.328. The van der Waals surface area contributed by atoms with Crippen LogP contribution in [0.25, 0.3) is 0 Å². The molecule has 0 aliphatic heterocycles. The predicted molar refractivity (Wildman–Crippen MR) is 50.3 cm³/mol. The number of ether oxygens (including phenoxy) is 1. The van der Waals surface area contributed by atoms with E-state index in [1.807, 2.05) is 13.8 Å². The summed E-state index contributed by atoms with van der Waals surface area (Å²) in [6.45, 7) is 7.46. The van der Waals surface area contributed by atoms with Crippen LogP contribution in [0.5, 0.6) is 0 Å². The van der Waals surface area contributed by atoms with Gasteiger partial charge in [0.2, 0.25) is 0 Å². The second-order valence-corrected chi connectivity index (χ2v) is 3.39. The van der Waals surface area contributed by atoms with E-state index in [4.69, 9.17) is 4.74 Å². The van der Waals surface area contributed by atoms with Gasteiger partial charge in [-0.05, 0) is 19.8 Å². The van der Waals surface area contributed by atoms with Gasteiger partial charge in [0.05, 0.1) is 6.61 Å². The highest BCUT2D eigenvalue weighted by Gasteiger charge is 2.19. The third-order valence-electron chi connectivity index (χ3n) is 2.29. The Kier molecular flexibility index (Phi) is 5.35. The van der Waals surface area contributed by atoms with Gasteiger partial charge in [0.25, 0.3) is 0 Å². The lowest BCUT2D eigenvalue weighted by Crippen LogP contribution is -2.20. The third kappa shape index (κ3) is 4.65. The van der Waals surface area contributed by atoms with Crippen LogP contribution >= 0.6 is 0 Å². The molecule has 0 aromatic rings. The SMILES string of the molecule is CCOC(=O)C[C@H](C)[C@H](C)C(C)=O. The highest BCUT2D eigenvalue weighted by atomic mass is 16.5. The van der Waals surface area contributed by atoms with E-state index < -0.39 is 0 Å². The Morgan fingerprint density at radius 2 is 1.85 bits per heavy atom. The fourth-order valence-electron chi connectivity index (χ4n) is 1.06. The first-order chi connectivity index (χ1) is 5.99. The van der Waals surface area contributed by atoms with E-state index in [1.54, 1.807) is 13.8 Å². The molecule has 0 amide bonds. The summed E-state index contributed by atoms with van der Waals surface area (Å²) in [5.41, 5.74) is 0. The summed E-state index contributed by atoms with van der Waals surface area (Å²) in [6, 6.07) is 0. The van der Waals surface area contributed by atoms with Gasteiger partial charge in [-0.1, -0.05) is 13.8 Å². The first-order valence-corrected chi connectivity index (χ1v) is 4.65. The second-order valence-electron chi connectivity index (χ2n) is 3.39. The minimum Gasteiger partial charge on any atom is -0.466 e. The van der Waals surface area contributed by atoms with Gasteiger partial charge in [-0.25, -0.2) is 0 Å². The number of carbonyl (C=O) groups excluding carboxylic acids is 2. The topological polar surface area (TPSA) is 43.4 Å². The van der Waals surface area contributed by atoms with Crippen molar-refractivity contribution in [3.05, 3.63) is 0 Å². The number of hydrogen-bond donors (Lipinski definition) is 0. The van der Waals surface area contributed by atoms with Crippen molar-refractivity contribution >= 4 is 11.8 Å². The van der Waals surface area contributed by atoms with Gasteiger partial charge in [-0.3, -0.25) is 9.59 Å². The average molecular weight is 186 g/mol. The Morgan fingerprint density at radius 1 is 1.31 bits per heavy atom. The lowest BCUT2D eigenvalue weighted by Gasteiger charge is -2.15. The molecule has 0 aromatic carbocycles. The molecule has 0 saturated carbocycles. The molecule has 0 heterocycles. The van der Waals surface area contributed by atoms with Gasteiger partial charge in [-0.2, -0.15) is 0 Å². The Bertz CT molecular complexity index is 187. The molecule has 0 aliphatic rings. The van der Waals surface area contributed by atoms with Gasteiger partial charge in [0.15, 0.2) is 0 Å². The van der Waals surface area contributed by atoms with Gasteiger partial charge in [0, 0.05) is 12.3 Å². The zero-order valence-electron chi connectivity index (χ0n) is 8.79. The molecule has 0 rings (SSSR count). The molecule has 0 spiro atoms. The van der Waals surface area contributed by atoms with Gasteiger partial charge >= 0.3 is 5.97 Å². The molecule has 0 N–H and O–H groups in total. The van der Waals surface area contributed by atoms with E-state index in [-0.39, 0.29) is 23.6 Å². The molecular formula is C10H18O3. The summed E-state index contributed by atoms with van der Waals surface area (Å²) in [5, 5.41) is 0. The maximum atomic E-state index is 11.0. The van der Waals surface area contributed by atoms with Crippen molar-refractivity contribution in [2.45, 2.75) is 34.1 Å². The van der Waals surface area contributed by atoms with Crippen LogP contribution in [0.4, 0.5) is 0 Å². The number of Topliss-reactive ketones (excluding diaryl/α,β-unsaturated/α-hetero) is 1. The summed E-state index contributed by atoms with van der Waals surface area (Å²) in [5.74, 6) is -0.0964. The Balaban J connectivity index is 3.92. The van der Waals surface area contributed by atoms with Crippen LogP contribution in [0.3, 0.4) is 0 Å². The van der Waals surface area contributed by atoms with Crippen molar-refractivity contribution in [2.75, 3.05) is 6.61 Å². The van der Waals surface area contributed by atoms with Crippen molar-refractivity contribution in [2.24, 2.45) is 11.8 Å². The van der Waals surface area contributed by atoms with Crippen molar-refractivity contribution in [1.82, 2.24) is 0 Å². The molecule has 2 atom stereocenters. The van der Waals surface area contributed by atoms with E-state index in [0.717, 1.165) is 0 Å². The Morgan fingerprint density at radius 3 is 2.23 bits per heavy atom. The van der Waals surface area contributed by atoms with E-state index in [0.29, 0.717) is 13.0 Å². The molecule has 0 saturated heterocycles. The summed E-state index contributed by atoms with van der Waals surface area (Å²) < 4.78 is 4.79. The number of hydrogen-bond acceptors (Lipinski definition) is 3. The lowest BCUT2D eigenvalue weighted by molar-refractivity contribution is -0.144. The van der Waals surface area contributed by atoms with Gasteiger partial charge in [0.1, 0.15) is 5.78 Å². The number of rotatable bonds is 5. The summed E-state index contributed by atoms with van der Waals surface area (Å²) >= 11 is 0. The highest BCUT2D eigenvalue weighted by molar-refractivity contribution is 5.79. The molecular weight excluding hydrogens is 168 g/mol. The van der Waals surface area contributed by atoms with Crippen LogP contribution in [0.15, 0.2) is 0 Å². The Hall–Kier alpha value is -0.860. The molecule has 3 nitrogen and oxygen atoms in total. The highest BCUT2D eigenvalue weighted by Crippen LogP contribution is 2.16. The fraction of sp³-hybridized carbons (Fsp3) is 0.800. The molecule has 13 heavy (non-hydrogen) atoms. The fourth-order valence-corrected chi connectivity index (χ4v) is 1.06. The van der Waals surface area contributed by atoms with Crippen molar-refractivity contribution in [1.29, 1.82) is 0 Å². The van der Waals surface area contributed by atoms with Crippen molar-refractivity contribution < 1.29 is 14.3 Å². The van der Waals surface area contributed by atoms with E-state index in [1.165, 1.54) is 0 Å². The molecule has 0 radical (unpaired) electrons. The third-order valence-corrected chi connectivity index (χ3v) is 2.29. The molecule has 3 heteroatoms. The second kappa shape index (κ2) is 5.73. The Labute approximate surface area is 79.5 Å². The number of carbonyl (C=O) groups is 2. The zero-order valence-corrected chi connectivity index (χ0v) is 8.79. The average Bonchev–Trinajstić information content (AvgIpc) is 2.03. The molecule has 76 valence electrons. The van der Waals surface area contributed by atoms with Crippen LogP contribution in [0.1, 0.15) is 34.1 Å². The summed E-state index contributed by atoms with van der Waals surface area (Å²) in [4.78, 5) is 22.0. The van der Waals surface area contributed by atoms with Crippen LogP contribution in [-0.4, -0.2) is 18.4 Å². The standard InChI is InChI=1S/C10H18O3/c1-5-13-10(12)6-7(2)8(3)9(4)11/h7-8H,5-6H2,1-4H3/t7-,8-/m0/s1. The molecule has 0 aromatic heterocycles.